The van der Waals surface area contributed by atoms with Crippen molar-refractivity contribution < 1.29 is 0 Å². The van der Waals surface area contributed by atoms with Gasteiger partial charge in [0.15, 0.2) is 0 Å². The van der Waals surface area contributed by atoms with Crippen LogP contribution in [-0.2, 0) is 0 Å². The average molecular weight is 192 g/mol. The quantitative estimate of drug-likeness (QED) is 0.622. The SMILES string of the molecule is CC.CC.Cc1cccn2cncc12. The first-order valence-corrected chi connectivity index (χ1v) is 5.25. The molecule has 2 rings (SSSR count). The van der Waals surface area contributed by atoms with E-state index in [1.807, 2.05) is 56.9 Å². The standard InChI is InChI=1S/C8H8N2.2C2H6/c1-7-3-2-4-10-6-9-5-8(7)10;2*1-2/h2-6H,1H3;2*1-2H3. The average Bonchev–Trinajstić information content (AvgIpc) is 2.73. The fourth-order valence-electron chi connectivity index (χ4n) is 1.09. The van der Waals surface area contributed by atoms with Gasteiger partial charge in [0.25, 0.3) is 0 Å². The lowest BCUT2D eigenvalue weighted by Gasteiger charge is -1.94. The van der Waals surface area contributed by atoms with Gasteiger partial charge in [-0.05, 0) is 18.6 Å². The van der Waals surface area contributed by atoms with E-state index in [1.54, 1.807) is 0 Å². The predicted molar refractivity (Wildman–Crippen MR) is 62.6 cm³/mol. The van der Waals surface area contributed by atoms with Gasteiger partial charge < -0.3 is 4.40 Å². The number of rotatable bonds is 0. The first-order chi connectivity index (χ1) is 6.88. The predicted octanol–water partition coefficient (Wildman–Crippen LogP) is 3.70. The summed E-state index contributed by atoms with van der Waals surface area (Å²) in [6, 6.07) is 4.10. The summed E-state index contributed by atoms with van der Waals surface area (Å²) in [5.74, 6) is 0. The van der Waals surface area contributed by atoms with Crippen molar-refractivity contribution in [3.05, 3.63) is 36.4 Å². The monoisotopic (exact) mass is 192 g/mol. The van der Waals surface area contributed by atoms with Crippen LogP contribution in [0.4, 0.5) is 0 Å². The zero-order valence-corrected chi connectivity index (χ0v) is 9.78. The minimum absolute atomic E-state index is 1.18. The van der Waals surface area contributed by atoms with E-state index < -0.39 is 0 Å². The van der Waals surface area contributed by atoms with Crippen LogP contribution in [0.5, 0.6) is 0 Å². The van der Waals surface area contributed by atoms with Crippen molar-refractivity contribution in [3.63, 3.8) is 0 Å². The van der Waals surface area contributed by atoms with Crippen LogP contribution in [-0.4, -0.2) is 9.38 Å². The largest absolute Gasteiger partial charge is 0.306 e. The maximum Gasteiger partial charge on any atom is 0.0992 e. The molecule has 2 aromatic heterocycles. The molecule has 0 aliphatic heterocycles. The van der Waals surface area contributed by atoms with E-state index in [0.29, 0.717) is 0 Å². The van der Waals surface area contributed by atoms with Crippen LogP contribution in [0, 0.1) is 6.92 Å². The van der Waals surface area contributed by atoms with Crippen LogP contribution in [0.2, 0.25) is 0 Å². The Morgan fingerprint density at radius 1 is 1.14 bits per heavy atom. The van der Waals surface area contributed by atoms with Crippen molar-refractivity contribution in [3.8, 4) is 0 Å². The number of fused-ring (bicyclic) bond motifs is 1. The highest BCUT2D eigenvalue weighted by Gasteiger charge is 1.92. The Bertz CT molecular complexity index is 350. The van der Waals surface area contributed by atoms with Crippen LogP contribution in [0.25, 0.3) is 5.52 Å². The minimum atomic E-state index is 1.18. The number of pyridine rings is 1. The zero-order valence-electron chi connectivity index (χ0n) is 9.78. The van der Waals surface area contributed by atoms with Crippen molar-refractivity contribution in [1.82, 2.24) is 9.38 Å². The number of hydrogen-bond acceptors (Lipinski definition) is 1. The summed E-state index contributed by atoms with van der Waals surface area (Å²) < 4.78 is 2.01. The Kier molecular flexibility index (Phi) is 6.46. The van der Waals surface area contributed by atoms with E-state index in [9.17, 15) is 0 Å². The summed E-state index contributed by atoms with van der Waals surface area (Å²) in [6.45, 7) is 10.1. The molecular weight excluding hydrogens is 172 g/mol. The number of nitrogens with zero attached hydrogens (tertiary/aromatic N) is 2. The first kappa shape index (κ1) is 12.7. The molecule has 0 unspecified atom stereocenters. The molecule has 0 amide bonds. The molecule has 0 atom stereocenters. The van der Waals surface area contributed by atoms with Gasteiger partial charge in [-0.2, -0.15) is 0 Å². The van der Waals surface area contributed by atoms with Crippen molar-refractivity contribution in [2.75, 3.05) is 0 Å². The van der Waals surface area contributed by atoms with E-state index >= 15 is 0 Å². The van der Waals surface area contributed by atoms with Crippen LogP contribution >= 0.6 is 0 Å². The normalized spacial score (nSPS) is 8.36. The Hall–Kier alpha value is -1.31. The molecule has 14 heavy (non-hydrogen) atoms. The molecular formula is C12H20N2. The third-order valence-electron chi connectivity index (χ3n) is 1.66. The summed E-state index contributed by atoms with van der Waals surface area (Å²) in [5, 5.41) is 0. The molecule has 2 heteroatoms. The number of hydrogen-bond donors (Lipinski definition) is 0. The molecule has 0 spiro atoms. The lowest BCUT2D eigenvalue weighted by atomic mass is 10.3. The molecule has 0 bridgehead atoms. The maximum absolute atomic E-state index is 4.03. The molecule has 0 aromatic carbocycles. The summed E-state index contributed by atoms with van der Waals surface area (Å²) in [6.07, 6.45) is 5.67. The Morgan fingerprint density at radius 3 is 2.36 bits per heavy atom. The van der Waals surface area contributed by atoms with E-state index in [1.165, 1.54) is 11.1 Å². The smallest absolute Gasteiger partial charge is 0.0992 e. The molecule has 2 nitrogen and oxygen atoms in total. The van der Waals surface area contributed by atoms with Gasteiger partial charge in [0, 0.05) is 6.20 Å². The minimum Gasteiger partial charge on any atom is -0.306 e. The van der Waals surface area contributed by atoms with Crippen molar-refractivity contribution in [2.45, 2.75) is 34.6 Å². The Balaban J connectivity index is 0.000000379. The third kappa shape index (κ3) is 2.87. The Labute approximate surface area is 86.6 Å². The third-order valence-corrected chi connectivity index (χ3v) is 1.66. The number of aromatic nitrogens is 2. The molecule has 0 aliphatic rings. The Morgan fingerprint density at radius 2 is 1.79 bits per heavy atom. The van der Waals surface area contributed by atoms with Gasteiger partial charge in [-0.25, -0.2) is 4.98 Å². The summed E-state index contributed by atoms with van der Waals surface area (Å²) in [7, 11) is 0. The lowest BCUT2D eigenvalue weighted by Crippen LogP contribution is -1.81. The first-order valence-electron chi connectivity index (χ1n) is 5.25. The summed E-state index contributed by atoms with van der Waals surface area (Å²) >= 11 is 0. The van der Waals surface area contributed by atoms with Gasteiger partial charge in [-0.15, -0.1) is 0 Å². The summed E-state index contributed by atoms with van der Waals surface area (Å²) in [4.78, 5) is 4.03. The van der Waals surface area contributed by atoms with Gasteiger partial charge in [-0.3, -0.25) is 0 Å². The molecule has 2 heterocycles. The molecule has 0 aliphatic carbocycles. The van der Waals surface area contributed by atoms with Crippen LogP contribution in [0.3, 0.4) is 0 Å². The highest BCUT2D eigenvalue weighted by molar-refractivity contribution is 5.51. The van der Waals surface area contributed by atoms with Gasteiger partial charge in [-0.1, -0.05) is 33.8 Å². The number of imidazole rings is 1. The highest BCUT2D eigenvalue weighted by Crippen LogP contribution is 2.06. The number of aryl methyl sites for hydroxylation is 1. The molecule has 0 saturated carbocycles. The zero-order chi connectivity index (χ0) is 11.0. The van der Waals surface area contributed by atoms with E-state index in [2.05, 4.69) is 18.0 Å². The van der Waals surface area contributed by atoms with E-state index in [4.69, 9.17) is 0 Å². The molecule has 0 N–H and O–H groups in total. The molecule has 2 aromatic rings. The fraction of sp³-hybridized carbons (Fsp3) is 0.417. The lowest BCUT2D eigenvalue weighted by molar-refractivity contribution is 1.14. The summed E-state index contributed by atoms with van der Waals surface area (Å²) in [5.41, 5.74) is 2.45. The van der Waals surface area contributed by atoms with E-state index in [-0.39, 0.29) is 0 Å². The molecule has 0 radical (unpaired) electrons. The van der Waals surface area contributed by atoms with Crippen LogP contribution in [0.15, 0.2) is 30.9 Å². The van der Waals surface area contributed by atoms with Crippen LogP contribution in [0.1, 0.15) is 33.3 Å². The molecule has 78 valence electrons. The topological polar surface area (TPSA) is 17.3 Å². The van der Waals surface area contributed by atoms with E-state index in [0.717, 1.165) is 0 Å². The maximum atomic E-state index is 4.03. The fourth-order valence-corrected chi connectivity index (χ4v) is 1.09. The second kappa shape index (κ2) is 7.13. The molecule has 0 saturated heterocycles. The van der Waals surface area contributed by atoms with Crippen LogP contribution < -0.4 is 0 Å². The van der Waals surface area contributed by atoms with Gasteiger partial charge in [0.05, 0.1) is 18.0 Å². The highest BCUT2D eigenvalue weighted by atomic mass is 15.0. The second-order valence-electron chi connectivity index (χ2n) is 2.38. The van der Waals surface area contributed by atoms with Crippen molar-refractivity contribution >= 4 is 5.52 Å². The van der Waals surface area contributed by atoms with Gasteiger partial charge in [0.2, 0.25) is 0 Å². The van der Waals surface area contributed by atoms with Crippen molar-refractivity contribution in [2.24, 2.45) is 0 Å². The van der Waals surface area contributed by atoms with Crippen molar-refractivity contribution in [1.29, 1.82) is 0 Å². The second-order valence-corrected chi connectivity index (χ2v) is 2.38. The van der Waals surface area contributed by atoms with Gasteiger partial charge in [0.1, 0.15) is 0 Å². The molecule has 0 fully saturated rings. The van der Waals surface area contributed by atoms with Gasteiger partial charge >= 0.3 is 0 Å².